The Morgan fingerprint density at radius 2 is 2.33 bits per heavy atom. The van der Waals surface area contributed by atoms with Crippen molar-refractivity contribution < 1.29 is 14.6 Å². The molecular formula is C11H19NO3. The molecule has 1 saturated heterocycles. The van der Waals surface area contributed by atoms with Gasteiger partial charge in [0.1, 0.15) is 0 Å². The summed E-state index contributed by atoms with van der Waals surface area (Å²) in [4.78, 5) is 12.8. The van der Waals surface area contributed by atoms with Crippen molar-refractivity contribution in [2.45, 2.75) is 44.2 Å². The lowest BCUT2D eigenvalue weighted by Gasteiger charge is -2.37. The van der Waals surface area contributed by atoms with Crippen LogP contribution in [-0.2, 0) is 9.53 Å². The van der Waals surface area contributed by atoms with Crippen LogP contribution in [0.3, 0.4) is 0 Å². The summed E-state index contributed by atoms with van der Waals surface area (Å²) in [5, 5.41) is 8.59. The van der Waals surface area contributed by atoms with E-state index in [2.05, 4.69) is 4.90 Å². The summed E-state index contributed by atoms with van der Waals surface area (Å²) in [5.74, 6) is -0.689. The van der Waals surface area contributed by atoms with E-state index in [4.69, 9.17) is 9.84 Å². The van der Waals surface area contributed by atoms with E-state index in [0.717, 1.165) is 26.1 Å². The van der Waals surface area contributed by atoms with Crippen LogP contribution in [0.4, 0.5) is 0 Å². The molecule has 2 aliphatic rings. The Morgan fingerprint density at radius 3 is 3.13 bits per heavy atom. The van der Waals surface area contributed by atoms with E-state index in [1.807, 2.05) is 0 Å². The van der Waals surface area contributed by atoms with Gasteiger partial charge in [-0.05, 0) is 32.2 Å². The Bertz CT molecular complexity index is 232. The minimum Gasteiger partial charge on any atom is -0.481 e. The van der Waals surface area contributed by atoms with E-state index in [-0.39, 0.29) is 6.42 Å². The van der Waals surface area contributed by atoms with E-state index in [0.29, 0.717) is 12.1 Å². The SMILES string of the molecule is O=C(O)CCCN1CCOC2CCCC21. The average Bonchev–Trinajstić information content (AvgIpc) is 2.65. The minimum absolute atomic E-state index is 0.286. The van der Waals surface area contributed by atoms with Crippen LogP contribution in [0.1, 0.15) is 32.1 Å². The van der Waals surface area contributed by atoms with Crippen molar-refractivity contribution in [3.05, 3.63) is 0 Å². The number of hydrogen-bond donors (Lipinski definition) is 1. The van der Waals surface area contributed by atoms with Crippen LogP contribution < -0.4 is 0 Å². The number of carbonyl (C=O) groups is 1. The summed E-state index contributed by atoms with van der Waals surface area (Å²) in [5.41, 5.74) is 0. The van der Waals surface area contributed by atoms with E-state index in [1.165, 1.54) is 19.3 Å². The third kappa shape index (κ3) is 2.69. The second-order valence-electron chi connectivity index (χ2n) is 4.44. The Labute approximate surface area is 90.2 Å². The highest BCUT2D eigenvalue weighted by Gasteiger charge is 2.35. The smallest absolute Gasteiger partial charge is 0.303 e. The van der Waals surface area contributed by atoms with Gasteiger partial charge in [0, 0.05) is 19.0 Å². The number of fused-ring (bicyclic) bond motifs is 1. The average molecular weight is 213 g/mol. The second kappa shape index (κ2) is 4.94. The van der Waals surface area contributed by atoms with Crippen LogP contribution in [0.15, 0.2) is 0 Å². The molecule has 0 spiro atoms. The van der Waals surface area contributed by atoms with Crippen molar-refractivity contribution in [1.29, 1.82) is 0 Å². The van der Waals surface area contributed by atoms with Gasteiger partial charge in [0.15, 0.2) is 0 Å². The topological polar surface area (TPSA) is 49.8 Å². The van der Waals surface area contributed by atoms with Gasteiger partial charge in [-0.2, -0.15) is 0 Å². The number of carboxylic acid groups (broad SMARTS) is 1. The Morgan fingerprint density at radius 1 is 1.47 bits per heavy atom. The zero-order valence-electron chi connectivity index (χ0n) is 9.02. The molecule has 86 valence electrons. The molecule has 0 aromatic carbocycles. The maximum Gasteiger partial charge on any atom is 0.303 e. The second-order valence-corrected chi connectivity index (χ2v) is 4.44. The van der Waals surface area contributed by atoms with E-state index in [1.54, 1.807) is 0 Å². The van der Waals surface area contributed by atoms with Gasteiger partial charge in [0.2, 0.25) is 0 Å². The van der Waals surface area contributed by atoms with Gasteiger partial charge in [-0.3, -0.25) is 9.69 Å². The number of ether oxygens (including phenoxy) is 1. The maximum absolute atomic E-state index is 10.4. The summed E-state index contributed by atoms with van der Waals surface area (Å²) >= 11 is 0. The molecule has 15 heavy (non-hydrogen) atoms. The third-order valence-corrected chi connectivity index (χ3v) is 3.43. The number of rotatable bonds is 4. The van der Waals surface area contributed by atoms with Crippen LogP contribution in [0.25, 0.3) is 0 Å². The highest BCUT2D eigenvalue weighted by atomic mass is 16.5. The van der Waals surface area contributed by atoms with Crippen molar-refractivity contribution in [1.82, 2.24) is 4.90 Å². The first-order valence-electron chi connectivity index (χ1n) is 5.85. The van der Waals surface area contributed by atoms with Crippen molar-refractivity contribution >= 4 is 5.97 Å². The minimum atomic E-state index is -0.689. The number of aliphatic carboxylic acids is 1. The molecule has 2 fully saturated rings. The van der Waals surface area contributed by atoms with Gasteiger partial charge in [-0.1, -0.05) is 0 Å². The van der Waals surface area contributed by atoms with Gasteiger partial charge in [0.25, 0.3) is 0 Å². The predicted octanol–water partition coefficient (Wildman–Crippen LogP) is 1.10. The van der Waals surface area contributed by atoms with Gasteiger partial charge in [0.05, 0.1) is 12.7 Å². The Balaban J connectivity index is 1.77. The van der Waals surface area contributed by atoms with Crippen molar-refractivity contribution in [3.8, 4) is 0 Å². The predicted molar refractivity (Wildman–Crippen MR) is 55.8 cm³/mol. The van der Waals surface area contributed by atoms with Gasteiger partial charge in [-0.15, -0.1) is 0 Å². The van der Waals surface area contributed by atoms with Crippen molar-refractivity contribution in [2.75, 3.05) is 19.7 Å². The van der Waals surface area contributed by atoms with E-state index < -0.39 is 5.97 Å². The molecule has 0 radical (unpaired) electrons. The van der Waals surface area contributed by atoms with Crippen molar-refractivity contribution in [3.63, 3.8) is 0 Å². The molecule has 0 aromatic rings. The largest absolute Gasteiger partial charge is 0.481 e. The number of carboxylic acids is 1. The quantitative estimate of drug-likeness (QED) is 0.760. The molecule has 2 atom stereocenters. The molecule has 4 heteroatoms. The molecule has 0 amide bonds. The summed E-state index contributed by atoms with van der Waals surface area (Å²) in [6.07, 6.45) is 5.12. The lowest BCUT2D eigenvalue weighted by molar-refractivity contribution is -0.137. The first-order valence-corrected chi connectivity index (χ1v) is 5.85. The highest BCUT2D eigenvalue weighted by molar-refractivity contribution is 5.66. The van der Waals surface area contributed by atoms with Crippen LogP contribution in [-0.4, -0.2) is 47.8 Å². The molecule has 1 aliphatic carbocycles. The molecule has 2 rings (SSSR count). The molecule has 0 aromatic heterocycles. The van der Waals surface area contributed by atoms with Crippen LogP contribution in [0.5, 0.6) is 0 Å². The first-order chi connectivity index (χ1) is 7.27. The molecule has 4 nitrogen and oxygen atoms in total. The normalized spacial score (nSPS) is 31.5. The number of morpholine rings is 1. The standard InChI is InChI=1S/C11H19NO3/c13-11(14)5-2-6-12-7-8-15-10-4-1-3-9(10)12/h9-10H,1-8H2,(H,13,14). The summed E-state index contributed by atoms with van der Waals surface area (Å²) in [6, 6.07) is 0.563. The van der Waals surface area contributed by atoms with Crippen LogP contribution in [0.2, 0.25) is 0 Å². The fourth-order valence-electron chi connectivity index (χ4n) is 2.72. The molecule has 1 aliphatic heterocycles. The van der Waals surface area contributed by atoms with Crippen molar-refractivity contribution in [2.24, 2.45) is 0 Å². The van der Waals surface area contributed by atoms with Gasteiger partial charge >= 0.3 is 5.97 Å². The lowest BCUT2D eigenvalue weighted by atomic mass is 10.1. The monoisotopic (exact) mass is 213 g/mol. The van der Waals surface area contributed by atoms with Gasteiger partial charge in [-0.25, -0.2) is 0 Å². The fourth-order valence-corrected chi connectivity index (χ4v) is 2.72. The maximum atomic E-state index is 10.4. The fraction of sp³-hybridized carbons (Fsp3) is 0.909. The van der Waals surface area contributed by atoms with E-state index >= 15 is 0 Å². The van der Waals surface area contributed by atoms with Crippen LogP contribution >= 0.6 is 0 Å². The summed E-state index contributed by atoms with van der Waals surface area (Å²) < 4.78 is 5.70. The highest BCUT2D eigenvalue weighted by Crippen LogP contribution is 2.29. The molecule has 0 bridgehead atoms. The summed E-state index contributed by atoms with van der Waals surface area (Å²) in [7, 11) is 0. The Kier molecular flexibility index (Phi) is 3.59. The molecule has 1 heterocycles. The lowest BCUT2D eigenvalue weighted by Crippen LogP contribution is -2.48. The zero-order chi connectivity index (χ0) is 10.7. The first kappa shape index (κ1) is 10.9. The molecule has 1 saturated carbocycles. The van der Waals surface area contributed by atoms with E-state index in [9.17, 15) is 4.79 Å². The molecule has 1 N–H and O–H groups in total. The Hall–Kier alpha value is -0.610. The zero-order valence-corrected chi connectivity index (χ0v) is 9.02. The summed E-state index contributed by atoms with van der Waals surface area (Å²) in [6.45, 7) is 2.70. The van der Waals surface area contributed by atoms with Gasteiger partial charge < -0.3 is 9.84 Å². The van der Waals surface area contributed by atoms with Crippen LogP contribution in [0, 0.1) is 0 Å². The third-order valence-electron chi connectivity index (χ3n) is 3.43. The number of nitrogens with zero attached hydrogens (tertiary/aromatic N) is 1. The molecule has 2 unspecified atom stereocenters. The number of hydrogen-bond acceptors (Lipinski definition) is 3. The molecular weight excluding hydrogens is 194 g/mol.